The molecule has 2 unspecified atom stereocenters. The molecule has 3 heteroatoms. The fourth-order valence-corrected chi connectivity index (χ4v) is 3.67. The third-order valence-corrected chi connectivity index (χ3v) is 4.57. The van der Waals surface area contributed by atoms with E-state index in [1.54, 1.807) is 7.11 Å². The first-order valence-electron chi connectivity index (χ1n) is 5.66. The fourth-order valence-electron chi connectivity index (χ4n) is 2.11. The van der Waals surface area contributed by atoms with E-state index in [9.17, 15) is 0 Å². The Morgan fingerprint density at radius 1 is 1.50 bits per heavy atom. The summed E-state index contributed by atoms with van der Waals surface area (Å²) in [5.41, 5.74) is 1.51. The molecule has 0 saturated carbocycles. The number of alkyl halides is 1. The van der Waals surface area contributed by atoms with Gasteiger partial charge in [-0.25, -0.2) is 0 Å². The van der Waals surface area contributed by atoms with Crippen molar-refractivity contribution in [3.8, 4) is 0 Å². The smallest absolute Gasteiger partial charge is 0.0626 e. The van der Waals surface area contributed by atoms with Gasteiger partial charge in [-0.2, -0.15) is 0 Å². The highest BCUT2D eigenvalue weighted by Crippen LogP contribution is 2.41. The van der Waals surface area contributed by atoms with E-state index in [-0.39, 0.29) is 5.38 Å². The molecular weight excluding hydrogens is 240 g/mol. The first-order chi connectivity index (χ1) is 7.81. The lowest BCUT2D eigenvalue weighted by molar-refractivity contribution is 0.194. The minimum Gasteiger partial charge on any atom is -0.383 e. The van der Waals surface area contributed by atoms with Crippen LogP contribution in [-0.2, 0) is 4.74 Å². The van der Waals surface area contributed by atoms with E-state index in [4.69, 9.17) is 16.3 Å². The summed E-state index contributed by atoms with van der Waals surface area (Å²) < 4.78 is 5.05. The molecule has 0 bridgehead atoms. The molecule has 1 heterocycles. The topological polar surface area (TPSA) is 9.23 Å². The molecule has 2 atom stereocenters. The van der Waals surface area contributed by atoms with Crippen LogP contribution in [0.5, 0.6) is 0 Å². The van der Waals surface area contributed by atoms with Crippen molar-refractivity contribution in [1.29, 1.82) is 0 Å². The van der Waals surface area contributed by atoms with Gasteiger partial charge in [-0.3, -0.25) is 0 Å². The van der Waals surface area contributed by atoms with Gasteiger partial charge in [-0.15, -0.1) is 23.4 Å². The molecule has 1 aromatic rings. The van der Waals surface area contributed by atoms with Crippen LogP contribution in [0.3, 0.4) is 0 Å². The van der Waals surface area contributed by atoms with Gasteiger partial charge in [0.15, 0.2) is 0 Å². The second-order valence-electron chi connectivity index (χ2n) is 4.18. The van der Waals surface area contributed by atoms with E-state index in [1.807, 2.05) is 11.8 Å². The summed E-state index contributed by atoms with van der Waals surface area (Å²) in [6.45, 7) is 0.656. The van der Waals surface area contributed by atoms with Gasteiger partial charge in [-0.1, -0.05) is 18.2 Å². The molecule has 16 heavy (non-hydrogen) atoms. The summed E-state index contributed by atoms with van der Waals surface area (Å²) in [4.78, 5) is 1.45. The molecule has 0 radical (unpaired) electrons. The SMILES string of the molecule is COCC(Cl)CCC1CSc2ccccc21. The van der Waals surface area contributed by atoms with Crippen LogP contribution >= 0.6 is 23.4 Å². The lowest BCUT2D eigenvalue weighted by Gasteiger charge is -2.13. The first-order valence-corrected chi connectivity index (χ1v) is 7.08. The van der Waals surface area contributed by atoms with Crippen LogP contribution in [-0.4, -0.2) is 24.8 Å². The van der Waals surface area contributed by atoms with Crippen molar-refractivity contribution in [3.63, 3.8) is 0 Å². The molecule has 1 aliphatic rings. The highest BCUT2D eigenvalue weighted by atomic mass is 35.5. The quantitative estimate of drug-likeness (QED) is 0.739. The van der Waals surface area contributed by atoms with Crippen molar-refractivity contribution in [2.45, 2.75) is 29.0 Å². The minimum absolute atomic E-state index is 0.155. The van der Waals surface area contributed by atoms with Crippen LogP contribution in [0.15, 0.2) is 29.2 Å². The molecule has 1 aliphatic heterocycles. The predicted octanol–water partition coefficient (Wildman–Crippen LogP) is 3.91. The Kier molecular flexibility index (Phi) is 4.56. The van der Waals surface area contributed by atoms with Gasteiger partial charge < -0.3 is 4.74 Å². The monoisotopic (exact) mass is 256 g/mol. The van der Waals surface area contributed by atoms with E-state index in [0.29, 0.717) is 12.5 Å². The van der Waals surface area contributed by atoms with Gasteiger partial charge in [-0.05, 0) is 30.4 Å². The first kappa shape index (κ1) is 12.3. The molecule has 0 spiro atoms. The summed E-state index contributed by atoms with van der Waals surface area (Å²) in [6.07, 6.45) is 2.20. The number of hydrogen-bond acceptors (Lipinski definition) is 2. The lowest BCUT2D eigenvalue weighted by atomic mass is 9.95. The van der Waals surface area contributed by atoms with Gasteiger partial charge in [0.1, 0.15) is 0 Å². The van der Waals surface area contributed by atoms with Crippen LogP contribution < -0.4 is 0 Å². The summed E-state index contributed by atoms with van der Waals surface area (Å²) >= 11 is 8.12. The Bertz CT molecular complexity index is 342. The van der Waals surface area contributed by atoms with Crippen LogP contribution in [0.2, 0.25) is 0 Å². The van der Waals surface area contributed by atoms with Crippen molar-refractivity contribution < 1.29 is 4.74 Å². The second kappa shape index (κ2) is 5.95. The zero-order chi connectivity index (χ0) is 11.4. The number of ether oxygens (including phenoxy) is 1. The van der Waals surface area contributed by atoms with Crippen molar-refractivity contribution in [2.75, 3.05) is 19.5 Å². The molecule has 0 fully saturated rings. The van der Waals surface area contributed by atoms with Crippen LogP contribution in [0.4, 0.5) is 0 Å². The van der Waals surface area contributed by atoms with Gasteiger partial charge in [0, 0.05) is 17.8 Å². The lowest BCUT2D eigenvalue weighted by Crippen LogP contribution is -2.09. The number of halogens is 1. The Morgan fingerprint density at radius 3 is 3.12 bits per heavy atom. The summed E-state index contributed by atoms with van der Waals surface area (Å²) in [5, 5.41) is 0.155. The number of methoxy groups -OCH3 is 1. The predicted molar refractivity (Wildman–Crippen MR) is 70.7 cm³/mol. The highest BCUT2D eigenvalue weighted by molar-refractivity contribution is 7.99. The number of fused-ring (bicyclic) bond motifs is 1. The molecule has 0 aromatic heterocycles. The maximum atomic E-state index is 6.15. The highest BCUT2D eigenvalue weighted by Gasteiger charge is 2.22. The average molecular weight is 257 g/mol. The van der Waals surface area contributed by atoms with Crippen molar-refractivity contribution >= 4 is 23.4 Å². The molecule has 0 aliphatic carbocycles. The average Bonchev–Trinajstić information content (AvgIpc) is 2.70. The van der Waals surface area contributed by atoms with E-state index in [1.165, 1.54) is 22.6 Å². The number of hydrogen-bond donors (Lipinski definition) is 0. The normalized spacial score (nSPS) is 20.8. The minimum atomic E-state index is 0.155. The van der Waals surface area contributed by atoms with Crippen LogP contribution in [0.25, 0.3) is 0 Å². The maximum absolute atomic E-state index is 6.15. The van der Waals surface area contributed by atoms with E-state index in [0.717, 1.165) is 6.42 Å². The van der Waals surface area contributed by atoms with Crippen LogP contribution in [0.1, 0.15) is 24.3 Å². The molecule has 0 amide bonds. The van der Waals surface area contributed by atoms with Gasteiger partial charge in [0.2, 0.25) is 0 Å². The summed E-state index contributed by atoms with van der Waals surface area (Å²) in [6, 6.07) is 8.71. The maximum Gasteiger partial charge on any atom is 0.0626 e. The molecule has 2 rings (SSSR count). The standard InChI is InChI=1S/C13H17ClOS/c1-15-8-11(14)7-6-10-9-16-13-5-3-2-4-12(10)13/h2-5,10-11H,6-9H2,1H3. The zero-order valence-corrected chi connectivity index (χ0v) is 11.1. The van der Waals surface area contributed by atoms with Crippen molar-refractivity contribution in [2.24, 2.45) is 0 Å². The van der Waals surface area contributed by atoms with E-state index in [2.05, 4.69) is 24.3 Å². The molecule has 88 valence electrons. The Labute approximate surface area is 107 Å². The Balaban J connectivity index is 1.88. The molecule has 0 N–H and O–H groups in total. The molecule has 1 aromatic carbocycles. The number of benzene rings is 1. The third-order valence-electron chi connectivity index (χ3n) is 2.97. The van der Waals surface area contributed by atoms with Gasteiger partial charge in [0.05, 0.1) is 12.0 Å². The van der Waals surface area contributed by atoms with E-state index < -0.39 is 0 Å². The second-order valence-corrected chi connectivity index (χ2v) is 5.85. The molecule has 1 nitrogen and oxygen atoms in total. The number of rotatable bonds is 5. The molecular formula is C13H17ClOS. The van der Waals surface area contributed by atoms with Crippen LogP contribution in [0, 0.1) is 0 Å². The number of thioether (sulfide) groups is 1. The van der Waals surface area contributed by atoms with E-state index >= 15 is 0 Å². The third kappa shape index (κ3) is 2.93. The van der Waals surface area contributed by atoms with Gasteiger partial charge >= 0.3 is 0 Å². The van der Waals surface area contributed by atoms with Crippen molar-refractivity contribution in [1.82, 2.24) is 0 Å². The Morgan fingerprint density at radius 2 is 2.31 bits per heavy atom. The Hall–Kier alpha value is -0.180. The summed E-state index contributed by atoms with van der Waals surface area (Å²) in [5.74, 6) is 1.88. The van der Waals surface area contributed by atoms with Crippen molar-refractivity contribution in [3.05, 3.63) is 29.8 Å². The zero-order valence-electron chi connectivity index (χ0n) is 9.49. The largest absolute Gasteiger partial charge is 0.383 e. The summed E-state index contributed by atoms with van der Waals surface area (Å²) in [7, 11) is 1.70. The van der Waals surface area contributed by atoms with Gasteiger partial charge in [0.25, 0.3) is 0 Å². The molecule has 0 saturated heterocycles. The fraction of sp³-hybridized carbons (Fsp3) is 0.538.